The molecule has 4 aromatic rings. The molecule has 2 aliphatic heterocycles. The Labute approximate surface area is 300 Å². The molecule has 1 unspecified atom stereocenters. The molecular formula is C40H42F3N5O4. The monoisotopic (exact) mass is 713 g/mol. The number of aromatic nitrogens is 2. The molecule has 2 N–H and O–H groups in total. The molecule has 2 fully saturated rings. The lowest BCUT2D eigenvalue weighted by molar-refractivity contribution is -0.142. The van der Waals surface area contributed by atoms with Gasteiger partial charge in [-0.3, -0.25) is 9.59 Å². The summed E-state index contributed by atoms with van der Waals surface area (Å²) in [5.41, 5.74) is 3.12. The number of hydrogen-bond acceptors (Lipinski definition) is 5. The third-order valence-electron chi connectivity index (χ3n) is 10.6. The fourth-order valence-corrected chi connectivity index (χ4v) is 7.49. The van der Waals surface area contributed by atoms with Gasteiger partial charge in [0.2, 0.25) is 0 Å². The van der Waals surface area contributed by atoms with Gasteiger partial charge in [0.05, 0.1) is 28.8 Å². The van der Waals surface area contributed by atoms with Gasteiger partial charge in [0, 0.05) is 33.2 Å². The van der Waals surface area contributed by atoms with Crippen LogP contribution in [-0.2, 0) is 35.9 Å². The molecule has 1 saturated carbocycles. The third-order valence-corrected chi connectivity index (χ3v) is 10.6. The summed E-state index contributed by atoms with van der Waals surface area (Å²) in [6.07, 6.45) is -0.604. The molecule has 0 radical (unpaired) electrons. The number of nitrogens with one attached hydrogen (secondary N) is 1. The maximum Gasteiger partial charge on any atom is 0.416 e. The van der Waals surface area contributed by atoms with Gasteiger partial charge < -0.3 is 24.8 Å². The van der Waals surface area contributed by atoms with Gasteiger partial charge in [0.1, 0.15) is 5.82 Å². The number of urea groups is 1. The number of aliphatic hydroxyl groups is 1. The predicted octanol–water partition coefficient (Wildman–Crippen LogP) is 6.58. The summed E-state index contributed by atoms with van der Waals surface area (Å²) < 4.78 is 39.8. The van der Waals surface area contributed by atoms with Crippen molar-refractivity contribution in [2.45, 2.75) is 75.7 Å². The number of fused-ring (bicyclic) bond motifs is 1. The van der Waals surface area contributed by atoms with Gasteiger partial charge in [0.15, 0.2) is 6.10 Å². The number of nitrogens with zero attached hydrogens (tertiary/aromatic N) is 4. The molecule has 3 aromatic carbocycles. The maximum absolute atomic E-state index is 13.6. The largest absolute Gasteiger partial charge is 0.416 e. The Bertz CT molecular complexity index is 2020. The van der Waals surface area contributed by atoms with Gasteiger partial charge in [-0.15, -0.1) is 0 Å². The number of H-pyrrole nitrogens is 1. The first kappa shape index (κ1) is 35.4. The molecule has 12 heteroatoms. The molecule has 7 rings (SSSR count). The number of halogens is 3. The van der Waals surface area contributed by atoms with Crippen molar-refractivity contribution in [3.8, 4) is 11.1 Å². The first-order valence-corrected chi connectivity index (χ1v) is 17.9. The fourth-order valence-electron chi connectivity index (χ4n) is 7.49. The van der Waals surface area contributed by atoms with Gasteiger partial charge in [0.25, 0.3) is 11.5 Å². The highest BCUT2D eigenvalue weighted by molar-refractivity contribution is 5.82. The van der Waals surface area contributed by atoms with Crippen molar-refractivity contribution in [1.82, 2.24) is 24.7 Å². The predicted molar refractivity (Wildman–Crippen MR) is 189 cm³/mol. The summed E-state index contributed by atoms with van der Waals surface area (Å²) in [5, 5.41) is 10.8. The fraction of sp³-hybridized carbons (Fsp3) is 0.400. The van der Waals surface area contributed by atoms with Crippen LogP contribution >= 0.6 is 0 Å². The summed E-state index contributed by atoms with van der Waals surface area (Å²) in [6.45, 7) is 2.27. The van der Waals surface area contributed by atoms with Crippen molar-refractivity contribution in [1.29, 1.82) is 0 Å². The van der Waals surface area contributed by atoms with Crippen molar-refractivity contribution in [2.75, 3.05) is 26.7 Å². The van der Waals surface area contributed by atoms with Crippen molar-refractivity contribution >= 4 is 11.9 Å². The Balaban J connectivity index is 1.06. The second-order valence-corrected chi connectivity index (χ2v) is 14.3. The van der Waals surface area contributed by atoms with Gasteiger partial charge >= 0.3 is 12.2 Å². The van der Waals surface area contributed by atoms with Crippen LogP contribution in [0.25, 0.3) is 11.1 Å². The normalized spacial score (nSPS) is 17.6. The molecule has 0 bridgehead atoms. The molecular weight excluding hydrogens is 671 g/mol. The zero-order valence-corrected chi connectivity index (χ0v) is 29.1. The van der Waals surface area contributed by atoms with Crippen LogP contribution in [0.5, 0.6) is 0 Å². The van der Waals surface area contributed by atoms with Crippen LogP contribution in [0.1, 0.15) is 84.0 Å². The minimum atomic E-state index is -4.62. The van der Waals surface area contributed by atoms with Crippen LogP contribution in [0.2, 0.25) is 0 Å². The number of benzene rings is 3. The van der Waals surface area contributed by atoms with Crippen LogP contribution in [0.3, 0.4) is 0 Å². The van der Waals surface area contributed by atoms with Crippen LogP contribution in [0.4, 0.5) is 18.0 Å². The number of aliphatic hydroxyl groups excluding tert-OH is 1. The van der Waals surface area contributed by atoms with Gasteiger partial charge in [-0.1, -0.05) is 60.7 Å². The summed E-state index contributed by atoms with van der Waals surface area (Å²) in [6, 6.07) is 20.6. The molecule has 52 heavy (non-hydrogen) atoms. The van der Waals surface area contributed by atoms with Crippen LogP contribution in [0.15, 0.2) is 77.6 Å². The van der Waals surface area contributed by atoms with Gasteiger partial charge in [-0.25, -0.2) is 9.78 Å². The summed E-state index contributed by atoms with van der Waals surface area (Å²) in [7, 11) is 1.84. The second-order valence-electron chi connectivity index (χ2n) is 14.3. The Morgan fingerprint density at radius 3 is 2.35 bits per heavy atom. The summed E-state index contributed by atoms with van der Waals surface area (Å²) in [4.78, 5) is 52.7. The van der Waals surface area contributed by atoms with E-state index in [0.717, 1.165) is 79.2 Å². The number of rotatable bonds is 7. The highest BCUT2D eigenvalue weighted by Gasteiger charge is 2.49. The van der Waals surface area contributed by atoms with Crippen molar-refractivity contribution < 1.29 is 27.9 Å². The lowest BCUT2D eigenvalue weighted by Crippen LogP contribution is -2.43. The lowest BCUT2D eigenvalue weighted by Gasteiger charge is -2.31. The first-order valence-electron chi connectivity index (χ1n) is 17.9. The Kier molecular flexibility index (Phi) is 9.69. The topological polar surface area (TPSA) is 110 Å². The number of alkyl halides is 3. The van der Waals surface area contributed by atoms with Gasteiger partial charge in [-0.05, 0) is 84.9 Å². The number of likely N-dealkylation sites (tertiary alicyclic amines) is 1. The number of hydrogen-bond donors (Lipinski definition) is 2. The summed E-state index contributed by atoms with van der Waals surface area (Å²) in [5.74, 6) is -0.189. The number of aromatic amines is 1. The Morgan fingerprint density at radius 1 is 0.923 bits per heavy atom. The van der Waals surface area contributed by atoms with E-state index < -0.39 is 29.2 Å². The molecule has 1 atom stereocenters. The highest BCUT2D eigenvalue weighted by atomic mass is 19.4. The number of piperidine rings is 1. The zero-order valence-electron chi connectivity index (χ0n) is 29.1. The first-order chi connectivity index (χ1) is 24.9. The van der Waals surface area contributed by atoms with E-state index in [1.165, 1.54) is 17.4 Å². The van der Waals surface area contributed by atoms with E-state index in [1.54, 1.807) is 4.90 Å². The second kappa shape index (κ2) is 14.2. The van der Waals surface area contributed by atoms with E-state index in [4.69, 9.17) is 4.98 Å². The Morgan fingerprint density at radius 2 is 1.63 bits per heavy atom. The van der Waals surface area contributed by atoms with Crippen LogP contribution in [0, 0.1) is 0 Å². The molecule has 1 saturated heterocycles. The molecule has 3 amide bonds. The number of carbonyl (C=O) groups excluding carboxylic acids is 2. The zero-order chi connectivity index (χ0) is 36.6. The average Bonchev–Trinajstić information content (AvgIpc) is 3.99. The third kappa shape index (κ3) is 7.21. The Hall–Kier alpha value is -4.97. The SMILES string of the molecule is CN(Cc1ccc(-c2cccc(C3(c4nc5c(c(=O)[nH]4)CN(C(=O)C(O)c4cccc(C(F)(F)F)c4)CCC5)CC3)c2)cc1)C(=O)N1CCCCC1. The number of amides is 3. The number of carbonyl (C=O) groups is 2. The van der Waals surface area contributed by atoms with E-state index in [0.29, 0.717) is 36.5 Å². The smallest absolute Gasteiger partial charge is 0.378 e. The van der Waals surface area contributed by atoms with E-state index in [-0.39, 0.29) is 30.2 Å². The molecule has 3 heterocycles. The van der Waals surface area contributed by atoms with E-state index >= 15 is 0 Å². The minimum Gasteiger partial charge on any atom is -0.378 e. The molecule has 9 nitrogen and oxygen atoms in total. The van der Waals surface area contributed by atoms with E-state index in [9.17, 15) is 32.7 Å². The molecule has 3 aliphatic rings. The maximum atomic E-state index is 13.6. The minimum absolute atomic E-state index is 0.0642. The lowest BCUT2D eigenvalue weighted by atomic mass is 9.91. The number of aryl methyl sites for hydroxylation is 1. The summed E-state index contributed by atoms with van der Waals surface area (Å²) >= 11 is 0. The average molecular weight is 714 g/mol. The molecule has 272 valence electrons. The van der Waals surface area contributed by atoms with E-state index in [1.807, 2.05) is 42.3 Å². The van der Waals surface area contributed by atoms with Gasteiger partial charge in [-0.2, -0.15) is 13.2 Å². The molecule has 1 aromatic heterocycles. The molecule has 1 aliphatic carbocycles. The quantitative estimate of drug-likeness (QED) is 0.225. The molecule has 0 spiro atoms. The van der Waals surface area contributed by atoms with E-state index in [2.05, 4.69) is 23.2 Å². The van der Waals surface area contributed by atoms with Crippen molar-refractivity contribution in [2.24, 2.45) is 0 Å². The standard InChI is InChI=1S/C40H42F3N5O4/c1-46(38(52)47-19-3-2-4-20-47)24-26-13-15-27(16-14-26)28-8-5-10-30(22-28)39(17-18-39)37-44-33-12-7-21-48(25-32(33)35(50)45-37)36(51)34(49)29-9-6-11-31(23-29)40(41,42)43/h5-6,8-11,13-16,22-23,34,49H,2-4,7,12,17-21,24-25H2,1H3,(H,44,45,50). The highest BCUT2D eigenvalue weighted by Crippen LogP contribution is 2.52. The van der Waals surface area contributed by atoms with Crippen molar-refractivity contribution in [3.63, 3.8) is 0 Å². The van der Waals surface area contributed by atoms with Crippen LogP contribution in [-0.4, -0.2) is 68.4 Å². The van der Waals surface area contributed by atoms with Crippen LogP contribution < -0.4 is 5.56 Å². The van der Waals surface area contributed by atoms with Crippen molar-refractivity contribution in [3.05, 3.63) is 122 Å².